The molecular weight excluding hydrogens is 306 g/mol. The molecule has 0 aliphatic carbocycles. The van der Waals surface area contributed by atoms with Crippen molar-refractivity contribution in [3.63, 3.8) is 0 Å². The van der Waals surface area contributed by atoms with Gasteiger partial charge in [0.05, 0.1) is 0 Å². The molecule has 130 valence electrons. The van der Waals surface area contributed by atoms with Gasteiger partial charge in [-0.05, 0) is 50.6 Å². The maximum atomic E-state index is 11.5. The van der Waals surface area contributed by atoms with E-state index in [2.05, 4.69) is 4.90 Å². The van der Waals surface area contributed by atoms with Gasteiger partial charge in [0, 0.05) is 24.1 Å². The van der Waals surface area contributed by atoms with Gasteiger partial charge in [0.2, 0.25) is 0 Å². The summed E-state index contributed by atoms with van der Waals surface area (Å²) in [5, 5.41) is 11.1. The Morgan fingerprint density at radius 3 is 2.71 bits per heavy atom. The molecule has 0 bridgehead atoms. The van der Waals surface area contributed by atoms with Crippen LogP contribution in [0.4, 0.5) is 0 Å². The summed E-state index contributed by atoms with van der Waals surface area (Å²) in [5.74, 6) is 0.603. The Morgan fingerprint density at radius 2 is 1.96 bits per heavy atom. The number of nitrogens with zero attached hydrogens (tertiary/aromatic N) is 1. The topological polar surface area (TPSA) is 62.9 Å². The first-order valence-corrected chi connectivity index (χ1v) is 8.69. The normalized spacial score (nSPS) is 17.6. The van der Waals surface area contributed by atoms with E-state index in [0.29, 0.717) is 17.9 Å². The highest BCUT2D eigenvalue weighted by Gasteiger charge is 2.14. The lowest BCUT2D eigenvalue weighted by molar-refractivity contribution is 0.0694. The maximum absolute atomic E-state index is 11.5. The van der Waals surface area contributed by atoms with Gasteiger partial charge >= 0.3 is 5.63 Å². The van der Waals surface area contributed by atoms with Gasteiger partial charge in [-0.15, -0.1) is 0 Å². The SMILES string of the molecule is Cc1cc(=O)oc2cc(OC[C@@H](O)CN3CCCCCC3)ccc12. The number of aliphatic hydroxyl groups excluding tert-OH is 1. The van der Waals surface area contributed by atoms with Gasteiger partial charge in [0.1, 0.15) is 24.0 Å². The van der Waals surface area contributed by atoms with E-state index in [4.69, 9.17) is 9.15 Å². The average Bonchev–Trinajstić information content (AvgIpc) is 2.81. The van der Waals surface area contributed by atoms with Crippen LogP contribution in [0.5, 0.6) is 5.75 Å². The summed E-state index contributed by atoms with van der Waals surface area (Å²) in [4.78, 5) is 13.8. The molecule has 1 N–H and O–H groups in total. The van der Waals surface area contributed by atoms with Crippen LogP contribution in [-0.2, 0) is 0 Å². The number of aryl methyl sites for hydroxylation is 1. The van der Waals surface area contributed by atoms with Crippen molar-refractivity contribution in [3.8, 4) is 5.75 Å². The lowest BCUT2D eigenvalue weighted by atomic mass is 10.1. The highest BCUT2D eigenvalue weighted by Crippen LogP contribution is 2.22. The van der Waals surface area contributed by atoms with Crippen LogP contribution in [0.1, 0.15) is 31.2 Å². The zero-order chi connectivity index (χ0) is 16.9. The van der Waals surface area contributed by atoms with Gasteiger partial charge in [-0.3, -0.25) is 0 Å². The standard InChI is InChI=1S/C19H25NO4/c1-14-10-19(22)24-18-11-16(6-7-17(14)18)23-13-15(21)12-20-8-4-2-3-5-9-20/h6-7,10-11,15,21H,2-5,8-9,12-13H2,1H3/t15-/m0/s1. The molecule has 0 unspecified atom stereocenters. The van der Waals surface area contributed by atoms with Crippen molar-refractivity contribution in [2.45, 2.75) is 38.7 Å². The second kappa shape index (κ2) is 7.81. The van der Waals surface area contributed by atoms with Crippen LogP contribution in [0.2, 0.25) is 0 Å². The summed E-state index contributed by atoms with van der Waals surface area (Å²) in [7, 11) is 0. The predicted octanol–water partition coefficient (Wildman–Crippen LogP) is 2.72. The minimum absolute atomic E-state index is 0.234. The minimum Gasteiger partial charge on any atom is -0.491 e. The molecule has 3 rings (SSSR count). The number of fused-ring (bicyclic) bond motifs is 1. The molecule has 1 fully saturated rings. The molecule has 24 heavy (non-hydrogen) atoms. The number of benzene rings is 1. The number of likely N-dealkylation sites (tertiary alicyclic amines) is 1. The van der Waals surface area contributed by atoms with E-state index in [9.17, 15) is 9.90 Å². The Balaban J connectivity index is 1.59. The van der Waals surface area contributed by atoms with Gasteiger partial charge in [0.15, 0.2) is 0 Å². The summed E-state index contributed by atoms with van der Waals surface area (Å²) in [6.07, 6.45) is 4.45. The van der Waals surface area contributed by atoms with Crippen LogP contribution in [0.3, 0.4) is 0 Å². The second-order valence-corrected chi connectivity index (χ2v) is 6.59. The first-order valence-electron chi connectivity index (χ1n) is 8.69. The third-order valence-corrected chi connectivity index (χ3v) is 4.53. The zero-order valence-electron chi connectivity index (χ0n) is 14.2. The molecule has 1 aromatic heterocycles. The Bertz CT molecular complexity index is 732. The average molecular weight is 331 g/mol. The summed E-state index contributed by atoms with van der Waals surface area (Å²) in [6.45, 7) is 4.86. The molecule has 0 amide bonds. The van der Waals surface area contributed by atoms with Crippen LogP contribution in [0.15, 0.2) is 33.5 Å². The third kappa shape index (κ3) is 4.36. The fraction of sp³-hybridized carbons (Fsp3) is 0.526. The van der Waals surface area contributed by atoms with Crippen LogP contribution >= 0.6 is 0 Å². The van der Waals surface area contributed by atoms with Crippen molar-refractivity contribution in [1.29, 1.82) is 0 Å². The monoisotopic (exact) mass is 331 g/mol. The van der Waals surface area contributed by atoms with E-state index in [1.165, 1.54) is 31.7 Å². The van der Waals surface area contributed by atoms with Crippen molar-refractivity contribution in [1.82, 2.24) is 4.90 Å². The fourth-order valence-corrected chi connectivity index (χ4v) is 3.26. The quantitative estimate of drug-likeness (QED) is 0.854. The van der Waals surface area contributed by atoms with Crippen molar-refractivity contribution >= 4 is 11.0 Å². The fourth-order valence-electron chi connectivity index (χ4n) is 3.26. The molecule has 1 atom stereocenters. The van der Waals surface area contributed by atoms with Gasteiger partial charge in [-0.1, -0.05) is 12.8 Å². The van der Waals surface area contributed by atoms with Crippen molar-refractivity contribution < 1.29 is 14.3 Å². The molecule has 1 aromatic carbocycles. The van der Waals surface area contributed by atoms with E-state index < -0.39 is 6.10 Å². The van der Waals surface area contributed by atoms with E-state index in [1.807, 2.05) is 19.1 Å². The number of β-amino-alcohol motifs (C(OH)–C–C–N with tert-alkyl or cyclic N) is 1. The number of ether oxygens (including phenoxy) is 1. The molecule has 0 saturated carbocycles. The van der Waals surface area contributed by atoms with E-state index >= 15 is 0 Å². The number of rotatable bonds is 5. The molecule has 1 aliphatic rings. The molecule has 1 saturated heterocycles. The lowest BCUT2D eigenvalue weighted by Crippen LogP contribution is -2.36. The largest absolute Gasteiger partial charge is 0.491 e. The molecular formula is C19H25NO4. The van der Waals surface area contributed by atoms with Gasteiger partial charge in [-0.25, -0.2) is 4.79 Å². The summed E-state index contributed by atoms with van der Waals surface area (Å²) in [5.41, 5.74) is 1.03. The van der Waals surface area contributed by atoms with Crippen LogP contribution in [0.25, 0.3) is 11.0 Å². The Kier molecular flexibility index (Phi) is 5.53. The molecule has 5 heteroatoms. The highest BCUT2D eigenvalue weighted by atomic mass is 16.5. The number of hydrogen-bond acceptors (Lipinski definition) is 5. The Morgan fingerprint density at radius 1 is 1.21 bits per heavy atom. The van der Waals surface area contributed by atoms with Gasteiger partial charge in [0.25, 0.3) is 0 Å². The smallest absolute Gasteiger partial charge is 0.336 e. The second-order valence-electron chi connectivity index (χ2n) is 6.59. The highest BCUT2D eigenvalue weighted by molar-refractivity contribution is 5.81. The number of aliphatic hydroxyl groups is 1. The molecule has 2 aromatic rings. The van der Waals surface area contributed by atoms with E-state index in [1.54, 1.807) is 6.07 Å². The maximum Gasteiger partial charge on any atom is 0.336 e. The van der Waals surface area contributed by atoms with Crippen LogP contribution in [0, 0.1) is 6.92 Å². The molecule has 0 spiro atoms. The Hall–Kier alpha value is -1.85. The Labute approximate surface area is 141 Å². The summed E-state index contributed by atoms with van der Waals surface area (Å²) < 4.78 is 10.9. The molecule has 0 radical (unpaired) electrons. The predicted molar refractivity (Wildman–Crippen MR) is 93.6 cm³/mol. The van der Waals surface area contributed by atoms with Crippen molar-refractivity contribution in [3.05, 3.63) is 40.2 Å². The van der Waals surface area contributed by atoms with E-state index in [0.717, 1.165) is 24.0 Å². The molecule has 2 heterocycles. The zero-order valence-corrected chi connectivity index (χ0v) is 14.2. The van der Waals surface area contributed by atoms with Crippen molar-refractivity contribution in [2.24, 2.45) is 0 Å². The third-order valence-electron chi connectivity index (χ3n) is 4.53. The van der Waals surface area contributed by atoms with Gasteiger partial charge < -0.3 is 19.2 Å². The molecule has 1 aliphatic heterocycles. The van der Waals surface area contributed by atoms with Gasteiger partial charge in [-0.2, -0.15) is 0 Å². The van der Waals surface area contributed by atoms with E-state index in [-0.39, 0.29) is 12.2 Å². The van der Waals surface area contributed by atoms with Crippen LogP contribution in [-0.4, -0.2) is 42.4 Å². The van der Waals surface area contributed by atoms with Crippen molar-refractivity contribution in [2.75, 3.05) is 26.2 Å². The first kappa shape index (κ1) is 17.0. The van der Waals surface area contributed by atoms with Crippen LogP contribution < -0.4 is 10.4 Å². The number of hydrogen-bond donors (Lipinski definition) is 1. The molecule has 5 nitrogen and oxygen atoms in total. The first-order chi connectivity index (χ1) is 11.6. The minimum atomic E-state index is -0.525. The summed E-state index contributed by atoms with van der Waals surface area (Å²) in [6, 6.07) is 6.91. The summed E-state index contributed by atoms with van der Waals surface area (Å²) >= 11 is 0. The lowest BCUT2D eigenvalue weighted by Gasteiger charge is -2.23.